The van der Waals surface area contributed by atoms with Crippen LogP contribution in [-0.4, -0.2) is 10.9 Å². The molecule has 0 unspecified atom stereocenters. The number of nitrogens with zero attached hydrogens (tertiary/aromatic N) is 2. The van der Waals surface area contributed by atoms with Crippen molar-refractivity contribution >= 4 is 17.3 Å². The lowest BCUT2D eigenvalue weighted by molar-refractivity contribution is 0.102. The molecule has 1 aromatic carbocycles. The SMILES string of the molecule is N#Cc1c(F)cccc1NC(=O)c1ccncc1NN. The number of aromatic nitrogens is 1. The number of hydrogen-bond acceptors (Lipinski definition) is 5. The van der Waals surface area contributed by atoms with Crippen LogP contribution in [0, 0.1) is 17.1 Å². The number of carbonyl (C=O) groups is 1. The zero-order valence-electron chi connectivity index (χ0n) is 10.2. The largest absolute Gasteiger partial charge is 0.322 e. The van der Waals surface area contributed by atoms with Crippen LogP contribution in [0.5, 0.6) is 0 Å². The van der Waals surface area contributed by atoms with Gasteiger partial charge in [-0.05, 0) is 18.2 Å². The number of benzene rings is 1. The van der Waals surface area contributed by atoms with E-state index >= 15 is 0 Å². The second kappa shape index (κ2) is 5.77. The molecule has 0 bridgehead atoms. The van der Waals surface area contributed by atoms with E-state index in [1.165, 1.54) is 30.6 Å². The van der Waals surface area contributed by atoms with Crippen molar-refractivity contribution in [3.63, 3.8) is 0 Å². The number of hydrazine groups is 1. The third kappa shape index (κ3) is 2.55. The average molecular weight is 271 g/mol. The first-order valence-electron chi connectivity index (χ1n) is 5.58. The molecular formula is C13H10FN5O. The van der Waals surface area contributed by atoms with E-state index in [0.717, 1.165) is 6.07 Å². The molecule has 7 heteroatoms. The van der Waals surface area contributed by atoms with Crippen molar-refractivity contribution in [3.8, 4) is 6.07 Å². The second-order valence-corrected chi connectivity index (χ2v) is 3.79. The molecule has 1 aromatic heterocycles. The van der Waals surface area contributed by atoms with Crippen molar-refractivity contribution in [2.45, 2.75) is 0 Å². The first-order valence-corrected chi connectivity index (χ1v) is 5.58. The molecule has 0 fully saturated rings. The Bertz CT molecular complexity index is 695. The van der Waals surface area contributed by atoms with Gasteiger partial charge in [0.05, 0.1) is 23.1 Å². The lowest BCUT2D eigenvalue weighted by Crippen LogP contribution is -2.18. The molecule has 0 saturated heterocycles. The number of halogens is 1. The summed E-state index contributed by atoms with van der Waals surface area (Å²) in [5.41, 5.74) is 2.76. The van der Waals surface area contributed by atoms with Gasteiger partial charge in [-0.2, -0.15) is 5.26 Å². The van der Waals surface area contributed by atoms with E-state index < -0.39 is 11.7 Å². The molecule has 0 aliphatic heterocycles. The van der Waals surface area contributed by atoms with Gasteiger partial charge in [0.15, 0.2) is 0 Å². The van der Waals surface area contributed by atoms with E-state index in [0.29, 0.717) is 5.69 Å². The van der Waals surface area contributed by atoms with Gasteiger partial charge in [-0.25, -0.2) is 4.39 Å². The van der Waals surface area contributed by atoms with Gasteiger partial charge in [0, 0.05) is 6.20 Å². The molecule has 0 atom stereocenters. The summed E-state index contributed by atoms with van der Waals surface area (Å²) in [6.07, 6.45) is 2.80. The smallest absolute Gasteiger partial charge is 0.257 e. The predicted octanol–water partition coefficient (Wildman–Crippen LogP) is 1.63. The van der Waals surface area contributed by atoms with E-state index in [1.807, 2.05) is 0 Å². The van der Waals surface area contributed by atoms with Gasteiger partial charge in [-0.3, -0.25) is 15.6 Å². The normalized spacial score (nSPS) is 9.65. The van der Waals surface area contributed by atoms with E-state index in [1.54, 1.807) is 6.07 Å². The Labute approximate surface area is 114 Å². The van der Waals surface area contributed by atoms with Gasteiger partial charge < -0.3 is 10.7 Å². The van der Waals surface area contributed by atoms with Crippen LogP contribution < -0.4 is 16.6 Å². The lowest BCUT2D eigenvalue weighted by Gasteiger charge is -2.10. The molecule has 2 aromatic rings. The van der Waals surface area contributed by atoms with E-state index in [-0.39, 0.29) is 16.8 Å². The summed E-state index contributed by atoms with van der Waals surface area (Å²) in [4.78, 5) is 15.9. The Balaban J connectivity index is 2.34. The van der Waals surface area contributed by atoms with Crippen LogP contribution in [0.25, 0.3) is 0 Å². The quantitative estimate of drug-likeness (QED) is 0.581. The van der Waals surface area contributed by atoms with Crippen LogP contribution in [-0.2, 0) is 0 Å². The van der Waals surface area contributed by atoms with Crippen molar-refractivity contribution in [3.05, 3.63) is 53.6 Å². The number of nitrogens with two attached hydrogens (primary N) is 1. The highest BCUT2D eigenvalue weighted by atomic mass is 19.1. The summed E-state index contributed by atoms with van der Waals surface area (Å²) >= 11 is 0. The number of nitriles is 1. The first kappa shape index (κ1) is 13.5. The monoisotopic (exact) mass is 271 g/mol. The molecule has 6 nitrogen and oxygen atoms in total. The minimum absolute atomic E-state index is 0.0947. The fourth-order valence-electron chi connectivity index (χ4n) is 1.64. The highest BCUT2D eigenvalue weighted by Gasteiger charge is 2.14. The van der Waals surface area contributed by atoms with Crippen molar-refractivity contribution in [2.24, 2.45) is 5.84 Å². The van der Waals surface area contributed by atoms with Crippen LogP contribution in [0.3, 0.4) is 0 Å². The molecular weight excluding hydrogens is 261 g/mol. The highest BCUT2D eigenvalue weighted by Crippen LogP contribution is 2.20. The second-order valence-electron chi connectivity index (χ2n) is 3.79. The molecule has 0 aliphatic rings. The van der Waals surface area contributed by atoms with Crippen molar-refractivity contribution in [1.29, 1.82) is 5.26 Å². The molecule has 1 amide bonds. The molecule has 0 aliphatic carbocycles. The number of amides is 1. The Morgan fingerprint density at radius 3 is 2.85 bits per heavy atom. The van der Waals surface area contributed by atoms with Crippen LogP contribution in [0.1, 0.15) is 15.9 Å². The number of nitrogen functional groups attached to an aromatic ring is 1. The third-order valence-electron chi connectivity index (χ3n) is 2.59. The van der Waals surface area contributed by atoms with E-state index in [2.05, 4.69) is 15.7 Å². The Hall–Kier alpha value is -2.98. The summed E-state index contributed by atoms with van der Waals surface area (Å²) in [5.74, 6) is 4.06. The summed E-state index contributed by atoms with van der Waals surface area (Å²) in [7, 11) is 0. The standard InChI is InChI=1S/C13H10FN5O/c14-10-2-1-3-11(9(10)6-15)18-13(20)8-4-5-17-7-12(8)19-16/h1-5,7,19H,16H2,(H,18,20). The van der Waals surface area contributed by atoms with Gasteiger partial charge >= 0.3 is 0 Å². The summed E-state index contributed by atoms with van der Waals surface area (Å²) < 4.78 is 13.4. The number of anilines is 2. The maximum absolute atomic E-state index is 13.4. The molecule has 100 valence electrons. The Morgan fingerprint density at radius 1 is 1.35 bits per heavy atom. The number of carbonyl (C=O) groups excluding carboxylic acids is 1. The van der Waals surface area contributed by atoms with Gasteiger partial charge in [0.2, 0.25) is 0 Å². The van der Waals surface area contributed by atoms with Crippen LogP contribution >= 0.6 is 0 Å². The maximum Gasteiger partial charge on any atom is 0.257 e. The van der Waals surface area contributed by atoms with Gasteiger partial charge in [-0.15, -0.1) is 0 Å². The third-order valence-corrected chi connectivity index (χ3v) is 2.59. The molecule has 20 heavy (non-hydrogen) atoms. The Kier molecular flexibility index (Phi) is 3.88. The predicted molar refractivity (Wildman–Crippen MR) is 71.1 cm³/mol. The summed E-state index contributed by atoms with van der Waals surface area (Å²) in [6, 6.07) is 7.15. The molecule has 4 N–H and O–H groups in total. The maximum atomic E-state index is 13.4. The average Bonchev–Trinajstić information content (AvgIpc) is 2.47. The van der Waals surface area contributed by atoms with E-state index in [4.69, 9.17) is 11.1 Å². The van der Waals surface area contributed by atoms with Gasteiger partial charge in [0.1, 0.15) is 17.4 Å². The number of rotatable bonds is 3. The number of nitrogens with one attached hydrogen (secondary N) is 2. The minimum atomic E-state index is -0.697. The van der Waals surface area contributed by atoms with Crippen LogP contribution in [0.15, 0.2) is 36.7 Å². The van der Waals surface area contributed by atoms with Crippen molar-refractivity contribution in [1.82, 2.24) is 4.98 Å². The van der Waals surface area contributed by atoms with Gasteiger partial charge in [-0.1, -0.05) is 6.07 Å². The fourth-order valence-corrected chi connectivity index (χ4v) is 1.64. The summed E-state index contributed by atoms with van der Waals surface area (Å²) in [5, 5.41) is 11.4. The molecule has 0 radical (unpaired) electrons. The number of pyridine rings is 1. The molecule has 1 heterocycles. The number of hydrogen-bond donors (Lipinski definition) is 3. The highest BCUT2D eigenvalue weighted by molar-refractivity contribution is 6.08. The van der Waals surface area contributed by atoms with Gasteiger partial charge in [0.25, 0.3) is 5.91 Å². The fraction of sp³-hybridized carbons (Fsp3) is 0. The zero-order chi connectivity index (χ0) is 14.5. The van der Waals surface area contributed by atoms with Crippen molar-refractivity contribution in [2.75, 3.05) is 10.7 Å². The molecule has 0 spiro atoms. The minimum Gasteiger partial charge on any atom is -0.322 e. The summed E-state index contributed by atoms with van der Waals surface area (Å²) in [6.45, 7) is 0. The zero-order valence-corrected chi connectivity index (χ0v) is 10.2. The topological polar surface area (TPSA) is 104 Å². The van der Waals surface area contributed by atoms with E-state index in [9.17, 15) is 9.18 Å². The Morgan fingerprint density at radius 2 is 2.15 bits per heavy atom. The molecule has 2 rings (SSSR count). The lowest BCUT2D eigenvalue weighted by atomic mass is 10.1. The van der Waals surface area contributed by atoms with Crippen LogP contribution in [0.4, 0.5) is 15.8 Å². The van der Waals surface area contributed by atoms with Crippen LogP contribution in [0.2, 0.25) is 0 Å². The first-order chi connectivity index (χ1) is 9.67. The molecule has 0 saturated carbocycles. The van der Waals surface area contributed by atoms with Crippen molar-refractivity contribution < 1.29 is 9.18 Å².